The van der Waals surface area contributed by atoms with Crippen LogP contribution in [0.15, 0.2) is 48.5 Å². The number of carbonyl (C=O) groups is 3. The Morgan fingerprint density at radius 3 is 2.09 bits per heavy atom. The van der Waals surface area contributed by atoms with Gasteiger partial charge in [0.15, 0.2) is 0 Å². The SMILES string of the molecule is C[C@H](NC(=O)C1CCC(NC(=O)OCC2c3ccccc3-c3ccccc32)CC1)C(=O)O. The van der Waals surface area contributed by atoms with Crippen LogP contribution in [0, 0.1) is 5.92 Å². The second-order valence-corrected chi connectivity index (χ2v) is 8.59. The minimum absolute atomic E-state index is 0.0174. The van der Waals surface area contributed by atoms with Gasteiger partial charge in [0.2, 0.25) is 5.91 Å². The highest BCUT2D eigenvalue weighted by Gasteiger charge is 2.31. The van der Waals surface area contributed by atoms with Gasteiger partial charge in [0.05, 0.1) is 0 Å². The van der Waals surface area contributed by atoms with Gasteiger partial charge < -0.3 is 20.5 Å². The van der Waals surface area contributed by atoms with Gasteiger partial charge in [-0.2, -0.15) is 0 Å². The van der Waals surface area contributed by atoms with Gasteiger partial charge in [0, 0.05) is 17.9 Å². The van der Waals surface area contributed by atoms with Gasteiger partial charge in [-0.25, -0.2) is 4.79 Å². The van der Waals surface area contributed by atoms with Crippen molar-refractivity contribution < 1.29 is 24.2 Å². The third-order valence-electron chi connectivity index (χ3n) is 6.49. The molecule has 3 N–H and O–H groups in total. The fourth-order valence-corrected chi connectivity index (χ4v) is 4.70. The van der Waals surface area contributed by atoms with Crippen LogP contribution in [0.25, 0.3) is 11.1 Å². The van der Waals surface area contributed by atoms with Crippen molar-refractivity contribution in [2.75, 3.05) is 6.61 Å². The highest BCUT2D eigenvalue weighted by Crippen LogP contribution is 2.44. The fourth-order valence-electron chi connectivity index (χ4n) is 4.70. The van der Waals surface area contributed by atoms with E-state index >= 15 is 0 Å². The molecule has 0 spiro atoms. The topological polar surface area (TPSA) is 105 Å². The second-order valence-electron chi connectivity index (χ2n) is 8.59. The van der Waals surface area contributed by atoms with E-state index in [-0.39, 0.29) is 30.4 Å². The van der Waals surface area contributed by atoms with Gasteiger partial charge in [-0.3, -0.25) is 9.59 Å². The van der Waals surface area contributed by atoms with Gasteiger partial charge >= 0.3 is 12.1 Å². The molecule has 0 unspecified atom stereocenters. The van der Waals surface area contributed by atoms with Crippen molar-refractivity contribution in [2.45, 2.75) is 50.6 Å². The molecule has 2 aliphatic carbocycles. The van der Waals surface area contributed by atoms with E-state index in [1.54, 1.807) is 0 Å². The Labute approximate surface area is 187 Å². The van der Waals surface area contributed by atoms with Gasteiger partial charge in [-0.05, 0) is 54.9 Å². The molecule has 0 bridgehead atoms. The number of rotatable bonds is 6. The molecule has 1 atom stereocenters. The number of ether oxygens (including phenoxy) is 1. The maximum absolute atomic E-state index is 12.4. The van der Waals surface area contributed by atoms with Gasteiger partial charge in [-0.15, -0.1) is 0 Å². The van der Waals surface area contributed by atoms with Crippen molar-refractivity contribution >= 4 is 18.0 Å². The monoisotopic (exact) mass is 436 g/mol. The lowest BCUT2D eigenvalue weighted by Crippen LogP contribution is -2.45. The van der Waals surface area contributed by atoms with E-state index in [0.29, 0.717) is 25.7 Å². The van der Waals surface area contributed by atoms with Crippen LogP contribution in [-0.2, 0) is 14.3 Å². The Balaban J connectivity index is 1.27. The van der Waals surface area contributed by atoms with E-state index in [0.717, 1.165) is 0 Å². The predicted molar refractivity (Wildman–Crippen MR) is 119 cm³/mol. The molecule has 0 aliphatic heterocycles. The second kappa shape index (κ2) is 9.42. The van der Waals surface area contributed by atoms with Crippen LogP contribution in [0.4, 0.5) is 4.79 Å². The summed E-state index contributed by atoms with van der Waals surface area (Å²) in [6, 6.07) is 15.4. The number of alkyl carbamates (subject to hydrolysis) is 1. The lowest BCUT2D eigenvalue weighted by molar-refractivity contribution is -0.142. The number of carboxylic acids is 1. The first-order valence-corrected chi connectivity index (χ1v) is 11.1. The summed E-state index contributed by atoms with van der Waals surface area (Å²) in [6.45, 7) is 1.72. The zero-order chi connectivity index (χ0) is 22.7. The lowest BCUT2D eigenvalue weighted by atomic mass is 9.85. The summed E-state index contributed by atoms with van der Waals surface area (Å²) in [6.07, 6.45) is 2.08. The molecular formula is C25H28N2O5. The average Bonchev–Trinajstić information content (AvgIpc) is 3.12. The maximum atomic E-state index is 12.4. The molecule has 0 radical (unpaired) electrons. The molecule has 4 rings (SSSR count). The molecule has 0 heterocycles. The van der Waals surface area contributed by atoms with Crippen LogP contribution in [0.5, 0.6) is 0 Å². The number of hydrogen-bond acceptors (Lipinski definition) is 4. The number of nitrogens with one attached hydrogen (secondary N) is 2. The number of amides is 2. The quantitative estimate of drug-likeness (QED) is 0.641. The third kappa shape index (κ3) is 4.61. The number of fused-ring (bicyclic) bond motifs is 3. The minimum Gasteiger partial charge on any atom is -0.480 e. The Morgan fingerprint density at radius 1 is 0.969 bits per heavy atom. The fraction of sp³-hybridized carbons (Fsp3) is 0.400. The van der Waals surface area contributed by atoms with Crippen LogP contribution in [0.3, 0.4) is 0 Å². The van der Waals surface area contributed by atoms with Crippen LogP contribution < -0.4 is 10.6 Å². The van der Waals surface area contributed by atoms with Crippen LogP contribution >= 0.6 is 0 Å². The Bertz CT molecular complexity index is 967. The summed E-state index contributed by atoms with van der Waals surface area (Å²) < 4.78 is 5.60. The normalized spacial score (nSPS) is 20.5. The zero-order valence-electron chi connectivity index (χ0n) is 18.0. The molecular weight excluding hydrogens is 408 g/mol. The number of aliphatic carboxylic acids is 1. The molecule has 7 nitrogen and oxygen atoms in total. The molecule has 2 aromatic rings. The number of hydrogen-bond donors (Lipinski definition) is 3. The highest BCUT2D eigenvalue weighted by molar-refractivity contribution is 5.84. The van der Waals surface area contributed by atoms with Gasteiger partial charge in [0.25, 0.3) is 0 Å². The Kier molecular flexibility index (Phi) is 6.44. The highest BCUT2D eigenvalue weighted by atomic mass is 16.5. The van der Waals surface area contributed by atoms with E-state index < -0.39 is 18.1 Å². The van der Waals surface area contributed by atoms with Crippen molar-refractivity contribution in [1.82, 2.24) is 10.6 Å². The molecule has 0 aromatic heterocycles. The lowest BCUT2D eigenvalue weighted by Gasteiger charge is -2.28. The summed E-state index contributed by atoms with van der Waals surface area (Å²) in [5.74, 6) is -1.50. The molecule has 32 heavy (non-hydrogen) atoms. The minimum atomic E-state index is -1.05. The van der Waals surface area contributed by atoms with Crippen molar-refractivity contribution in [2.24, 2.45) is 5.92 Å². The Morgan fingerprint density at radius 2 is 1.53 bits per heavy atom. The summed E-state index contributed by atoms with van der Waals surface area (Å²) in [5.41, 5.74) is 4.71. The first-order valence-electron chi connectivity index (χ1n) is 11.1. The van der Waals surface area contributed by atoms with Crippen LogP contribution in [-0.4, -0.2) is 41.8 Å². The van der Waals surface area contributed by atoms with Crippen molar-refractivity contribution in [3.05, 3.63) is 59.7 Å². The molecule has 2 aliphatic rings. The summed E-state index contributed by atoms with van der Waals surface area (Å²) in [5, 5.41) is 14.4. The van der Waals surface area contributed by atoms with Crippen LogP contribution in [0.1, 0.15) is 49.7 Å². The average molecular weight is 437 g/mol. The van der Waals surface area contributed by atoms with Crippen LogP contribution in [0.2, 0.25) is 0 Å². The first kappa shape index (κ1) is 21.9. The van der Waals surface area contributed by atoms with Crippen molar-refractivity contribution in [1.29, 1.82) is 0 Å². The largest absolute Gasteiger partial charge is 0.480 e. The number of carboxylic acid groups (broad SMARTS) is 1. The van der Waals surface area contributed by atoms with E-state index in [1.165, 1.54) is 29.2 Å². The first-order chi connectivity index (χ1) is 15.4. The Hall–Kier alpha value is -3.35. The molecule has 2 aromatic carbocycles. The van der Waals surface area contributed by atoms with Crippen molar-refractivity contribution in [3.63, 3.8) is 0 Å². The van der Waals surface area contributed by atoms with E-state index in [1.807, 2.05) is 24.3 Å². The molecule has 7 heteroatoms. The molecule has 2 amide bonds. The van der Waals surface area contributed by atoms with Gasteiger partial charge in [0.1, 0.15) is 12.6 Å². The predicted octanol–water partition coefficient (Wildman–Crippen LogP) is 3.67. The molecule has 0 saturated heterocycles. The van der Waals surface area contributed by atoms with E-state index in [2.05, 4.69) is 34.9 Å². The summed E-state index contributed by atoms with van der Waals surface area (Å²) >= 11 is 0. The summed E-state index contributed by atoms with van der Waals surface area (Å²) in [4.78, 5) is 35.6. The smallest absolute Gasteiger partial charge is 0.407 e. The van der Waals surface area contributed by atoms with E-state index in [9.17, 15) is 14.4 Å². The maximum Gasteiger partial charge on any atom is 0.407 e. The third-order valence-corrected chi connectivity index (χ3v) is 6.49. The molecule has 1 fully saturated rings. The van der Waals surface area contributed by atoms with Crippen molar-refractivity contribution in [3.8, 4) is 11.1 Å². The number of carbonyl (C=O) groups excluding carboxylic acids is 2. The summed E-state index contributed by atoms with van der Waals surface area (Å²) in [7, 11) is 0. The molecule has 1 saturated carbocycles. The molecule has 168 valence electrons. The van der Waals surface area contributed by atoms with Gasteiger partial charge in [-0.1, -0.05) is 48.5 Å². The standard InChI is InChI=1S/C25H28N2O5/c1-15(24(29)30)26-23(28)16-10-12-17(13-11-16)27-25(31)32-14-22-20-8-4-2-6-18(20)19-7-3-5-9-21(19)22/h2-9,15-17,22H,10-14H2,1H3,(H,26,28)(H,27,31)(H,29,30)/t15-,16?,17?/m0/s1. The number of benzene rings is 2. The zero-order valence-corrected chi connectivity index (χ0v) is 18.0. The van der Waals surface area contributed by atoms with E-state index in [4.69, 9.17) is 9.84 Å².